The van der Waals surface area contributed by atoms with Crippen molar-refractivity contribution < 1.29 is 4.79 Å². The third-order valence-electron chi connectivity index (χ3n) is 3.22. The molecule has 0 N–H and O–H groups in total. The third kappa shape index (κ3) is 3.47. The number of carbonyl (C=O) groups is 1. The van der Waals surface area contributed by atoms with Gasteiger partial charge in [0.1, 0.15) is 0 Å². The molecule has 0 saturated heterocycles. The monoisotopic (exact) mass is 365 g/mol. The first kappa shape index (κ1) is 16.1. The van der Waals surface area contributed by atoms with Crippen LogP contribution >= 0.6 is 27.5 Å². The van der Waals surface area contributed by atoms with E-state index in [0.717, 1.165) is 15.6 Å². The Morgan fingerprint density at radius 3 is 2.52 bits per heavy atom. The van der Waals surface area contributed by atoms with Gasteiger partial charge in [-0.1, -0.05) is 71.7 Å². The van der Waals surface area contributed by atoms with Gasteiger partial charge in [0.05, 0.1) is 10.6 Å². The molecule has 0 fully saturated rings. The second kappa shape index (κ2) is 7.10. The summed E-state index contributed by atoms with van der Waals surface area (Å²) in [6.45, 7) is 5.23. The Morgan fingerprint density at radius 2 is 1.86 bits per heavy atom. The lowest BCUT2D eigenvalue weighted by molar-refractivity contribution is 0.0767. The van der Waals surface area contributed by atoms with E-state index in [1.165, 1.54) is 0 Å². The molecule has 2 aromatic carbocycles. The van der Waals surface area contributed by atoms with Gasteiger partial charge in [0.25, 0.3) is 5.91 Å². The second-order valence-electron chi connectivity index (χ2n) is 4.57. The number of halogens is 2. The number of carbonyl (C=O) groups excluding carboxylic acids is 1. The zero-order valence-electron chi connectivity index (χ0n) is 12.1. The Balaban J connectivity index is 0.000000774. The molecule has 0 aromatic heterocycles. The van der Waals surface area contributed by atoms with Gasteiger partial charge in [0, 0.05) is 17.6 Å². The van der Waals surface area contributed by atoms with Gasteiger partial charge in [-0.2, -0.15) is 0 Å². The quantitative estimate of drug-likeness (QED) is 0.707. The van der Waals surface area contributed by atoms with E-state index in [4.69, 9.17) is 11.6 Å². The summed E-state index contributed by atoms with van der Waals surface area (Å²) in [5.74, 6) is 0.0105. The summed E-state index contributed by atoms with van der Waals surface area (Å²) < 4.78 is 0.908. The van der Waals surface area contributed by atoms with Crippen LogP contribution in [0.2, 0.25) is 5.02 Å². The molecule has 3 rings (SSSR count). The van der Waals surface area contributed by atoms with E-state index >= 15 is 0 Å². The maximum Gasteiger partial charge on any atom is 0.256 e. The first-order valence-electron chi connectivity index (χ1n) is 6.96. The average molecular weight is 367 g/mol. The highest BCUT2D eigenvalue weighted by atomic mass is 79.9. The number of nitrogens with zero attached hydrogens (tertiary/aromatic N) is 1. The smallest absolute Gasteiger partial charge is 0.256 e. The summed E-state index contributed by atoms with van der Waals surface area (Å²) >= 11 is 9.57. The lowest BCUT2D eigenvalue weighted by Crippen LogP contribution is -2.23. The van der Waals surface area contributed by atoms with Crippen LogP contribution in [-0.4, -0.2) is 10.8 Å². The van der Waals surface area contributed by atoms with Gasteiger partial charge in [-0.15, -0.1) is 0 Å². The fourth-order valence-corrected chi connectivity index (χ4v) is 3.31. The maximum absolute atomic E-state index is 12.4. The Hall–Kier alpha value is -1.32. The first-order valence-corrected chi connectivity index (χ1v) is 8.13. The third-order valence-corrected chi connectivity index (χ3v) is 3.97. The zero-order chi connectivity index (χ0) is 15.4. The van der Waals surface area contributed by atoms with E-state index in [0.29, 0.717) is 23.7 Å². The van der Waals surface area contributed by atoms with Crippen LogP contribution in [0.5, 0.6) is 0 Å². The Bertz CT molecular complexity index is 643. The van der Waals surface area contributed by atoms with E-state index < -0.39 is 0 Å². The predicted molar refractivity (Wildman–Crippen MR) is 90.5 cm³/mol. The number of amides is 1. The van der Waals surface area contributed by atoms with Crippen LogP contribution in [0.25, 0.3) is 0 Å². The summed E-state index contributed by atoms with van der Waals surface area (Å²) in [7, 11) is 0. The number of hydrogen-bond donors (Lipinski definition) is 0. The molecular formula is C17H17BrClNO. The van der Waals surface area contributed by atoms with Crippen molar-refractivity contribution in [1.82, 2.24) is 4.90 Å². The fraction of sp³-hybridized carbons (Fsp3) is 0.235. The normalized spacial score (nSPS) is 12.8. The number of hydrogen-bond acceptors (Lipinski definition) is 1. The molecule has 1 heterocycles. The molecule has 1 aliphatic rings. The minimum absolute atomic E-state index is 0.0105. The molecule has 2 aromatic rings. The maximum atomic E-state index is 12.4. The second-order valence-corrected chi connectivity index (χ2v) is 5.89. The molecule has 0 saturated carbocycles. The summed E-state index contributed by atoms with van der Waals surface area (Å²) in [4.78, 5) is 14.2. The highest BCUT2D eigenvalue weighted by molar-refractivity contribution is 9.10. The van der Waals surface area contributed by atoms with Crippen molar-refractivity contribution in [3.05, 3.63) is 68.7 Å². The van der Waals surface area contributed by atoms with E-state index in [1.54, 1.807) is 6.07 Å². The van der Waals surface area contributed by atoms with Gasteiger partial charge in [0.15, 0.2) is 0 Å². The van der Waals surface area contributed by atoms with Crippen LogP contribution in [0.15, 0.2) is 46.9 Å². The van der Waals surface area contributed by atoms with Gasteiger partial charge in [-0.25, -0.2) is 0 Å². The van der Waals surface area contributed by atoms with Crippen molar-refractivity contribution in [2.45, 2.75) is 26.9 Å². The van der Waals surface area contributed by atoms with Crippen molar-refractivity contribution in [2.75, 3.05) is 0 Å². The Labute approximate surface area is 138 Å². The molecule has 1 aliphatic heterocycles. The standard InChI is InChI=1S/C15H11BrClNO.C2H6/c16-12-6-11-9-18(8-10-4-2-1-3-5-10)15(19)14(11)13(17)7-12;1-2/h1-7H,8-9H2;1-2H3. The molecule has 0 atom stereocenters. The lowest BCUT2D eigenvalue weighted by Gasteiger charge is -2.15. The molecule has 4 heteroatoms. The van der Waals surface area contributed by atoms with Crippen LogP contribution in [0.3, 0.4) is 0 Å². The van der Waals surface area contributed by atoms with E-state index in [1.807, 2.05) is 55.1 Å². The molecule has 0 aliphatic carbocycles. The highest BCUT2D eigenvalue weighted by Gasteiger charge is 2.29. The SMILES string of the molecule is CC.O=C1c2c(Cl)cc(Br)cc2CN1Cc1ccccc1. The number of rotatable bonds is 2. The van der Waals surface area contributed by atoms with Crippen LogP contribution in [-0.2, 0) is 13.1 Å². The molecule has 21 heavy (non-hydrogen) atoms. The number of fused-ring (bicyclic) bond motifs is 1. The van der Waals surface area contributed by atoms with Gasteiger partial charge in [-0.3, -0.25) is 4.79 Å². The van der Waals surface area contributed by atoms with Gasteiger partial charge >= 0.3 is 0 Å². The first-order chi connectivity index (χ1) is 10.1. The minimum atomic E-state index is 0.0105. The molecule has 110 valence electrons. The van der Waals surface area contributed by atoms with Crippen molar-refractivity contribution in [3.63, 3.8) is 0 Å². The topological polar surface area (TPSA) is 20.3 Å². The van der Waals surface area contributed by atoms with Crippen molar-refractivity contribution >= 4 is 33.4 Å². The van der Waals surface area contributed by atoms with Gasteiger partial charge in [-0.05, 0) is 23.3 Å². The van der Waals surface area contributed by atoms with Gasteiger partial charge in [0.2, 0.25) is 0 Å². The van der Waals surface area contributed by atoms with E-state index in [-0.39, 0.29) is 5.91 Å². The summed E-state index contributed by atoms with van der Waals surface area (Å²) in [6, 6.07) is 13.7. The lowest BCUT2D eigenvalue weighted by atomic mass is 10.1. The number of benzene rings is 2. The average Bonchev–Trinajstić information content (AvgIpc) is 2.78. The fourth-order valence-electron chi connectivity index (χ4n) is 2.36. The predicted octanol–water partition coefficient (Wildman–Crippen LogP) is 5.28. The van der Waals surface area contributed by atoms with Crippen molar-refractivity contribution in [1.29, 1.82) is 0 Å². The molecule has 1 amide bonds. The van der Waals surface area contributed by atoms with E-state index in [9.17, 15) is 4.79 Å². The molecular weight excluding hydrogens is 350 g/mol. The van der Waals surface area contributed by atoms with Crippen molar-refractivity contribution in [3.8, 4) is 0 Å². The minimum Gasteiger partial charge on any atom is -0.330 e. The molecule has 0 radical (unpaired) electrons. The van der Waals surface area contributed by atoms with Crippen molar-refractivity contribution in [2.24, 2.45) is 0 Å². The Kier molecular flexibility index (Phi) is 5.43. The molecule has 2 nitrogen and oxygen atoms in total. The largest absolute Gasteiger partial charge is 0.330 e. The summed E-state index contributed by atoms with van der Waals surface area (Å²) in [5.41, 5.74) is 2.75. The summed E-state index contributed by atoms with van der Waals surface area (Å²) in [6.07, 6.45) is 0. The molecule has 0 spiro atoms. The van der Waals surface area contributed by atoms with Crippen LogP contribution in [0.4, 0.5) is 0 Å². The zero-order valence-corrected chi connectivity index (χ0v) is 14.4. The van der Waals surface area contributed by atoms with Crippen LogP contribution in [0, 0.1) is 0 Å². The van der Waals surface area contributed by atoms with Crippen LogP contribution < -0.4 is 0 Å². The molecule has 0 bridgehead atoms. The highest BCUT2D eigenvalue weighted by Crippen LogP contribution is 2.33. The van der Waals surface area contributed by atoms with E-state index in [2.05, 4.69) is 15.9 Å². The Morgan fingerprint density at radius 1 is 1.19 bits per heavy atom. The van der Waals surface area contributed by atoms with Gasteiger partial charge < -0.3 is 4.90 Å². The van der Waals surface area contributed by atoms with Crippen LogP contribution in [0.1, 0.15) is 35.3 Å². The summed E-state index contributed by atoms with van der Waals surface area (Å²) in [5, 5.41) is 0.518. The molecule has 0 unspecified atom stereocenters.